The molecular weight excluding hydrogens is 193 g/mol. The molecule has 13 heavy (non-hydrogen) atoms. The van der Waals surface area contributed by atoms with Crippen LogP contribution in [0, 0.1) is 12.4 Å². The summed E-state index contributed by atoms with van der Waals surface area (Å²) in [5, 5.41) is 0. The first-order chi connectivity index (χ1) is 5.95. The van der Waals surface area contributed by atoms with E-state index in [1.165, 1.54) is 6.07 Å². The van der Waals surface area contributed by atoms with Gasteiger partial charge in [0.15, 0.2) is 9.84 Å². The molecule has 0 N–H and O–H groups in total. The minimum Gasteiger partial charge on any atom is -0.235 e. The predicted octanol–water partition coefficient (Wildman–Crippen LogP) is 1.78. The molecule has 68 valence electrons. The van der Waals surface area contributed by atoms with Crippen molar-refractivity contribution < 1.29 is 12.8 Å². The van der Waals surface area contributed by atoms with Crippen LogP contribution in [0.15, 0.2) is 23.1 Å². The first kappa shape index (κ1) is 9.68. The molecule has 0 atom stereocenters. The van der Waals surface area contributed by atoms with Gasteiger partial charge in [-0.1, -0.05) is 12.1 Å². The zero-order valence-electron chi connectivity index (χ0n) is 6.78. The Morgan fingerprint density at radius 1 is 1.46 bits per heavy atom. The highest BCUT2D eigenvalue weighted by Gasteiger charge is 2.10. The van der Waals surface area contributed by atoms with Crippen LogP contribution in [0.2, 0.25) is 0 Å². The fraction of sp³-hybridized carbons (Fsp3) is 0.125. The van der Waals surface area contributed by atoms with Gasteiger partial charge in [-0.15, -0.1) is 0 Å². The van der Waals surface area contributed by atoms with Crippen LogP contribution in [0.1, 0.15) is 0 Å². The van der Waals surface area contributed by atoms with E-state index < -0.39 is 15.7 Å². The van der Waals surface area contributed by atoms with Gasteiger partial charge in [-0.3, -0.25) is 0 Å². The van der Waals surface area contributed by atoms with Gasteiger partial charge < -0.3 is 0 Å². The number of rotatable bonds is 1. The fourth-order valence-electron chi connectivity index (χ4n) is 0.809. The van der Waals surface area contributed by atoms with Gasteiger partial charge in [0.1, 0.15) is 5.82 Å². The van der Waals surface area contributed by atoms with Crippen molar-refractivity contribution in [1.82, 2.24) is 0 Å². The molecule has 0 bridgehead atoms. The summed E-state index contributed by atoms with van der Waals surface area (Å²) in [6.07, 6.45) is 0.985. The standard InChI is InChI=1S/C8H6FNO2S/c1-10-8-4-3-6(5-7(8)9)13(2,11)12/h3-5H,2H3. The summed E-state index contributed by atoms with van der Waals surface area (Å²) in [6, 6.07) is 3.22. The maximum absolute atomic E-state index is 12.9. The lowest BCUT2D eigenvalue weighted by Crippen LogP contribution is -1.96. The van der Waals surface area contributed by atoms with E-state index >= 15 is 0 Å². The summed E-state index contributed by atoms with van der Waals surface area (Å²) in [4.78, 5) is 2.76. The van der Waals surface area contributed by atoms with Gasteiger partial charge in [-0.25, -0.2) is 17.7 Å². The zero-order chi connectivity index (χ0) is 10.1. The fourth-order valence-corrected chi connectivity index (χ4v) is 1.44. The third kappa shape index (κ3) is 2.04. The molecular formula is C8H6FNO2S. The molecule has 0 amide bonds. The maximum atomic E-state index is 12.9. The van der Waals surface area contributed by atoms with Crippen LogP contribution in [0.25, 0.3) is 4.85 Å². The molecule has 0 radical (unpaired) electrons. The second-order valence-electron chi connectivity index (χ2n) is 2.50. The Balaban J connectivity index is 3.36. The molecule has 0 aromatic heterocycles. The van der Waals surface area contributed by atoms with Gasteiger partial charge in [0, 0.05) is 6.26 Å². The third-order valence-corrected chi connectivity index (χ3v) is 2.58. The third-order valence-electron chi connectivity index (χ3n) is 1.47. The highest BCUT2D eigenvalue weighted by Crippen LogP contribution is 2.20. The van der Waals surface area contributed by atoms with Crippen LogP contribution in [-0.2, 0) is 9.84 Å². The van der Waals surface area contributed by atoms with E-state index in [1.54, 1.807) is 0 Å². The Bertz CT molecular complexity index is 473. The van der Waals surface area contributed by atoms with Crippen LogP contribution >= 0.6 is 0 Å². The monoisotopic (exact) mass is 199 g/mol. The summed E-state index contributed by atoms with van der Waals surface area (Å²) >= 11 is 0. The zero-order valence-corrected chi connectivity index (χ0v) is 7.60. The lowest BCUT2D eigenvalue weighted by Gasteiger charge is -1.98. The van der Waals surface area contributed by atoms with Crippen LogP contribution < -0.4 is 0 Å². The SMILES string of the molecule is [C-]#[N+]c1ccc(S(C)(=O)=O)cc1F. The topological polar surface area (TPSA) is 38.5 Å². The molecule has 3 nitrogen and oxygen atoms in total. The van der Waals surface area contributed by atoms with Gasteiger partial charge in [-0.05, 0) is 6.07 Å². The first-order valence-electron chi connectivity index (χ1n) is 3.32. The summed E-state index contributed by atoms with van der Waals surface area (Å²) in [5.74, 6) is -0.807. The van der Waals surface area contributed by atoms with E-state index in [9.17, 15) is 12.8 Å². The van der Waals surface area contributed by atoms with E-state index in [2.05, 4.69) is 4.85 Å². The van der Waals surface area contributed by atoms with E-state index in [1.807, 2.05) is 0 Å². The summed E-state index contributed by atoms with van der Waals surface area (Å²) in [6.45, 7) is 6.55. The van der Waals surface area contributed by atoms with Crippen molar-refractivity contribution in [3.05, 3.63) is 35.4 Å². The molecule has 5 heteroatoms. The van der Waals surface area contributed by atoms with Gasteiger partial charge in [0.2, 0.25) is 5.69 Å². The van der Waals surface area contributed by atoms with Crippen molar-refractivity contribution in [2.24, 2.45) is 0 Å². The normalized spacial score (nSPS) is 10.8. The summed E-state index contributed by atoms with van der Waals surface area (Å²) < 4.78 is 34.8. The number of benzene rings is 1. The van der Waals surface area contributed by atoms with E-state index in [0.29, 0.717) is 0 Å². The molecule has 1 rings (SSSR count). The average molecular weight is 199 g/mol. The van der Waals surface area contributed by atoms with Crippen molar-refractivity contribution >= 4 is 15.5 Å². The first-order valence-corrected chi connectivity index (χ1v) is 5.21. The highest BCUT2D eigenvalue weighted by atomic mass is 32.2. The van der Waals surface area contributed by atoms with Gasteiger partial charge in [-0.2, -0.15) is 0 Å². The van der Waals surface area contributed by atoms with Crippen LogP contribution in [-0.4, -0.2) is 14.7 Å². The lowest BCUT2D eigenvalue weighted by atomic mass is 10.3. The second-order valence-corrected chi connectivity index (χ2v) is 4.51. The number of sulfone groups is 1. The maximum Gasteiger partial charge on any atom is 0.222 e. The Labute approximate surface area is 75.6 Å². The Morgan fingerprint density at radius 3 is 2.46 bits per heavy atom. The molecule has 0 heterocycles. The number of hydrogen-bond donors (Lipinski definition) is 0. The van der Waals surface area contributed by atoms with Crippen molar-refractivity contribution in [2.75, 3.05) is 6.26 Å². The minimum atomic E-state index is -3.39. The number of halogens is 1. The van der Waals surface area contributed by atoms with Gasteiger partial charge in [0.05, 0.1) is 11.5 Å². The quantitative estimate of drug-likeness (QED) is 0.646. The molecule has 1 aromatic rings. The van der Waals surface area contributed by atoms with E-state index in [0.717, 1.165) is 18.4 Å². The lowest BCUT2D eigenvalue weighted by molar-refractivity contribution is 0.597. The van der Waals surface area contributed by atoms with Crippen LogP contribution in [0.5, 0.6) is 0 Å². The summed E-state index contributed by atoms with van der Waals surface area (Å²) in [7, 11) is -3.39. The Kier molecular flexibility index (Phi) is 2.34. The van der Waals surface area contributed by atoms with E-state index in [4.69, 9.17) is 6.57 Å². The van der Waals surface area contributed by atoms with Crippen molar-refractivity contribution in [2.45, 2.75) is 4.90 Å². The molecule has 0 saturated carbocycles. The molecule has 1 aromatic carbocycles. The van der Waals surface area contributed by atoms with E-state index in [-0.39, 0.29) is 10.6 Å². The molecule has 0 saturated heterocycles. The van der Waals surface area contributed by atoms with Crippen molar-refractivity contribution in [3.63, 3.8) is 0 Å². The molecule has 0 aliphatic heterocycles. The second kappa shape index (κ2) is 3.15. The largest absolute Gasteiger partial charge is 0.235 e. The van der Waals surface area contributed by atoms with Crippen LogP contribution in [0.3, 0.4) is 0 Å². The molecule has 0 aliphatic rings. The Hall–Kier alpha value is -1.41. The molecule has 0 unspecified atom stereocenters. The summed E-state index contributed by atoms with van der Waals surface area (Å²) in [5.41, 5.74) is -0.174. The molecule has 0 aliphatic carbocycles. The smallest absolute Gasteiger partial charge is 0.222 e. The molecule has 0 fully saturated rings. The van der Waals surface area contributed by atoms with Crippen LogP contribution in [0.4, 0.5) is 10.1 Å². The highest BCUT2D eigenvalue weighted by molar-refractivity contribution is 7.90. The average Bonchev–Trinajstić information content (AvgIpc) is 2.02. The number of hydrogen-bond acceptors (Lipinski definition) is 2. The molecule has 0 spiro atoms. The predicted molar refractivity (Wildman–Crippen MR) is 45.8 cm³/mol. The van der Waals surface area contributed by atoms with Crippen molar-refractivity contribution in [1.29, 1.82) is 0 Å². The number of nitrogens with zero attached hydrogens (tertiary/aromatic N) is 1. The van der Waals surface area contributed by atoms with Crippen molar-refractivity contribution in [3.8, 4) is 0 Å². The van der Waals surface area contributed by atoms with Gasteiger partial charge in [0.25, 0.3) is 0 Å². The van der Waals surface area contributed by atoms with Gasteiger partial charge >= 0.3 is 0 Å². The minimum absolute atomic E-state index is 0.114. The Morgan fingerprint density at radius 2 is 2.08 bits per heavy atom.